The topological polar surface area (TPSA) is 64.9 Å². The zero-order chi connectivity index (χ0) is 8.39. The van der Waals surface area contributed by atoms with E-state index in [-0.39, 0.29) is 0 Å². The van der Waals surface area contributed by atoms with Crippen molar-refractivity contribution >= 4 is 5.82 Å². The van der Waals surface area contributed by atoms with E-state index in [1.165, 1.54) is 6.26 Å². The van der Waals surface area contributed by atoms with Crippen molar-refractivity contribution in [2.45, 2.75) is 0 Å². The Kier molecular flexibility index (Phi) is 1.51. The van der Waals surface area contributed by atoms with Gasteiger partial charge in [-0.15, -0.1) is 0 Å². The van der Waals surface area contributed by atoms with Crippen LogP contribution in [0.25, 0.3) is 11.3 Å². The lowest BCUT2D eigenvalue weighted by Crippen LogP contribution is -1.88. The lowest BCUT2D eigenvalue weighted by molar-refractivity contribution is 0.423. The monoisotopic (exact) mass is 161 g/mol. The molecule has 2 N–H and O–H groups in total. The van der Waals surface area contributed by atoms with E-state index in [1.807, 2.05) is 18.2 Å². The Labute approximate surface area is 69.0 Å². The van der Waals surface area contributed by atoms with Crippen LogP contribution in [-0.2, 0) is 0 Å². The molecule has 0 unspecified atom stereocenters. The molecule has 0 aliphatic carbocycles. The zero-order valence-corrected chi connectivity index (χ0v) is 6.27. The van der Waals surface area contributed by atoms with Crippen LogP contribution in [0.15, 0.2) is 35.2 Å². The van der Waals surface area contributed by atoms with Crippen LogP contribution in [0.1, 0.15) is 0 Å². The fraction of sp³-hybridized carbons (Fsp3) is 0. The number of aromatic nitrogens is 2. The van der Waals surface area contributed by atoms with Crippen molar-refractivity contribution in [2.75, 3.05) is 5.73 Å². The first-order chi connectivity index (χ1) is 5.88. The summed E-state index contributed by atoms with van der Waals surface area (Å²) in [5, 5.41) is 3.56. The average molecular weight is 161 g/mol. The summed E-state index contributed by atoms with van der Waals surface area (Å²) in [5.41, 5.74) is 7.03. The van der Waals surface area contributed by atoms with E-state index in [4.69, 9.17) is 5.73 Å². The van der Waals surface area contributed by atoms with Gasteiger partial charge in [0.1, 0.15) is 6.26 Å². The number of nitrogens with zero attached hydrogens (tertiary/aromatic N) is 2. The second kappa shape index (κ2) is 2.65. The molecule has 0 saturated carbocycles. The first-order valence-corrected chi connectivity index (χ1v) is 3.49. The summed E-state index contributed by atoms with van der Waals surface area (Å²) in [5.74, 6) is 0.369. The van der Waals surface area contributed by atoms with Gasteiger partial charge in [-0.2, -0.15) is 0 Å². The third kappa shape index (κ3) is 1.03. The van der Waals surface area contributed by atoms with Gasteiger partial charge in [0, 0.05) is 6.20 Å². The van der Waals surface area contributed by atoms with Crippen LogP contribution in [0.4, 0.5) is 5.82 Å². The Morgan fingerprint density at radius 2 is 2.25 bits per heavy atom. The van der Waals surface area contributed by atoms with E-state index in [1.54, 1.807) is 6.20 Å². The fourth-order valence-electron chi connectivity index (χ4n) is 0.959. The van der Waals surface area contributed by atoms with Crippen LogP contribution in [0.2, 0.25) is 0 Å². The van der Waals surface area contributed by atoms with E-state index in [0.29, 0.717) is 5.82 Å². The third-order valence-corrected chi connectivity index (χ3v) is 1.54. The number of anilines is 1. The second-order valence-corrected chi connectivity index (χ2v) is 2.33. The van der Waals surface area contributed by atoms with Crippen molar-refractivity contribution in [2.24, 2.45) is 0 Å². The van der Waals surface area contributed by atoms with Gasteiger partial charge < -0.3 is 10.3 Å². The Morgan fingerprint density at radius 3 is 2.83 bits per heavy atom. The molecule has 4 heteroatoms. The zero-order valence-electron chi connectivity index (χ0n) is 6.27. The number of hydrogen-bond donors (Lipinski definition) is 1. The summed E-state index contributed by atoms with van der Waals surface area (Å²) in [7, 11) is 0. The van der Waals surface area contributed by atoms with Crippen LogP contribution in [0, 0.1) is 0 Å². The fourth-order valence-corrected chi connectivity index (χ4v) is 0.959. The maximum atomic E-state index is 5.53. The molecule has 0 aliphatic heterocycles. The van der Waals surface area contributed by atoms with Crippen molar-refractivity contribution < 1.29 is 4.52 Å². The van der Waals surface area contributed by atoms with Gasteiger partial charge in [-0.05, 0) is 12.1 Å². The van der Waals surface area contributed by atoms with E-state index in [0.717, 1.165) is 11.3 Å². The average Bonchev–Trinajstić information content (AvgIpc) is 2.53. The van der Waals surface area contributed by atoms with Gasteiger partial charge >= 0.3 is 0 Å². The molecule has 0 spiro atoms. The standard InChI is InChI=1S/C8H7N3O/c9-8-6(5-12-11-8)7-3-1-2-4-10-7/h1-5H,(H2,9,11). The smallest absolute Gasteiger partial charge is 0.176 e. The van der Waals surface area contributed by atoms with Crippen LogP contribution in [0.5, 0.6) is 0 Å². The van der Waals surface area contributed by atoms with E-state index < -0.39 is 0 Å². The number of nitrogen functional groups attached to an aromatic ring is 1. The molecule has 0 aliphatic rings. The molecule has 0 radical (unpaired) electrons. The first kappa shape index (κ1) is 6.84. The lowest BCUT2D eigenvalue weighted by Gasteiger charge is -1.93. The molecule has 2 heterocycles. The highest BCUT2D eigenvalue weighted by Gasteiger charge is 2.05. The Hall–Kier alpha value is -1.84. The highest BCUT2D eigenvalue weighted by molar-refractivity contribution is 5.68. The highest BCUT2D eigenvalue weighted by atomic mass is 16.5. The van der Waals surface area contributed by atoms with Crippen molar-refractivity contribution in [1.29, 1.82) is 0 Å². The molecule has 0 fully saturated rings. The SMILES string of the molecule is Nc1nocc1-c1ccccn1. The normalized spacial score (nSPS) is 10.0. The third-order valence-electron chi connectivity index (χ3n) is 1.54. The summed E-state index contributed by atoms with van der Waals surface area (Å²) in [6, 6.07) is 5.57. The predicted molar refractivity (Wildman–Crippen MR) is 44.1 cm³/mol. The Balaban J connectivity index is 2.51. The minimum absolute atomic E-state index is 0.369. The van der Waals surface area contributed by atoms with Crippen molar-refractivity contribution in [3.05, 3.63) is 30.7 Å². The predicted octanol–water partition coefficient (Wildman–Crippen LogP) is 1.32. The molecule has 0 aromatic carbocycles. The number of rotatable bonds is 1. The van der Waals surface area contributed by atoms with Crippen LogP contribution in [-0.4, -0.2) is 10.1 Å². The summed E-state index contributed by atoms with van der Waals surface area (Å²) in [6.45, 7) is 0. The minimum atomic E-state index is 0.369. The van der Waals surface area contributed by atoms with Crippen LogP contribution in [0.3, 0.4) is 0 Å². The Bertz CT molecular complexity index is 369. The molecule has 0 atom stereocenters. The molecule has 2 aromatic heterocycles. The van der Waals surface area contributed by atoms with Crippen molar-refractivity contribution in [1.82, 2.24) is 10.1 Å². The first-order valence-electron chi connectivity index (χ1n) is 3.49. The molecule has 60 valence electrons. The van der Waals surface area contributed by atoms with Crippen LogP contribution < -0.4 is 5.73 Å². The molecule has 0 amide bonds. The molecule has 12 heavy (non-hydrogen) atoms. The van der Waals surface area contributed by atoms with Gasteiger partial charge in [-0.25, -0.2) is 0 Å². The summed E-state index contributed by atoms with van der Waals surface area (Å²) < 4.78 is 4.68. The lowest BCUT2D eigenvalue weighted by atomic mass is 10.2. The molecule has 4 nitrogen and oxygen atoms in total. The van der Waals surface area contributed by atoms with Gasteiger partial charge in [0.25, 0.3) is 0 Å². The minimum Gasteiger partial charge on any atom is -0.380 e. The van der Waals surface area contributed by atoms with Gasteiger partial charge in [-0.3, -0.25) is 4.98 Å². The quantitative estimate of drug-likeness (QED) is 0.685. The second-order valence-electron chi connectivity index (χ2n) is 2.33. The number of pyridine rings is 1. The van der Waals surface area contributed by atoms with Gasteiger partial charge in [0.05, 0.1) is 11.3 Å². The van der Waals surface area contributed by atoms with E-state index in [2.05, 4.69) is 14.7 Å². The molecular weight excluding hydrogens is 154 g/mol. The molecule has 2 aromatic rings. The Morgan fingerprint density at radius 1 is 1.33 bits per heavy atom. The molecule has 0 bridgehead atoms. The van der Waals surface area contributed by atoms with Gasteiger partial charge in [0.2, 0.25) is 0 Å². The van der Waals surface area contributed by atoms with Crippen molar-refractivity contribution in [3.63, 3.8) is 0 Å². The van der Waals surface area contributed by atoms with Gasteiger partial charge in [0.15, 0.2) is 5.82 Å². The number of hydrogen-bond acceptors (Lipinski definition) is 4. The van der Waals surface area contributed by atoms with Gasteiger partial charge in [-0.1, -0.05) is 11.2 Å². The maximum Gasteiger partial charge on any atom is 0.176 e. The summed E-state index contributed by atoms with van der Waals surface area (Å²) in [4.78, 5) is 4.10. The molecule has 2 rings (SSSR count). The maximum absolute atomic E-state index is 5.53. The summed E-state index contributed by atoms with van der Waals surface area (Å²) >= 11 is 0. The summed E-state index contributed by atoms with van der Waals surface area (Å²) in [6.07, 6.45) is 3.18. The molecule has 0 saturated heterocycles. The number of nitrogens with two attached hydrogens (primary N) is 1. The highest BCUT2D eigenvalue weighted by Crippen LogP contribution is 2.21. The van der Waals surface area contributed by atoms with E-state index >= 15 is 0 Å². The molecular formula is C8H7N3O. The van der Waals surface area contributed by atoms with E-state index in [9.17, 15) is 0 Å². The van der Waals surface area contributed by atoms with Crippen molar-refractivity contribution in [3.8, 4) is 11.3 Å². The largest absolute Gasteiger partial charge is 0.380 e. The van der Waals surface area contributed by atoms with Crippen LogP contribution >= 0.6 is 0 Å².